The molecule has 0 saturated carbocycles. The van der Waals surface area contributed by atoms with Gasteiger partial charge in [0.05, 0.1) is 5.92 Å². The molecule has 1 aliphatic rings. The standard InChI is InChI=1S/C17H19N3O4S2/c21-16(13-6-2-1-3-7-13)18-19-17(22)14-8-4-10-20(12-14)26(23,24)15-9-5-11-25-15/h1-3,5-7,9,11,14H,4,8,10,12H2,(H,18,21)(H,19,22)/t14-/m1/s1. The number of hydrazine groups is 1. The number of nitrogens with one attached hydrogen (secondary N) is 2. The molecule has 0 radical (unpaired) electrons. The number of hydrogen-bond acceptors (Lipinski definition) is 5. The Morgan fingerprint density at radius 3 is 2.54 bits per heavy atom. The lowest BCUT2D eigenvalue weighted by Crippen LogP contribution is -2.49. The lowest BCUT2D eigenvalue weighted by Gasteiger charge is -2.30. The molecule has 138 valence electrons. The summed E-state index contributed by atoms with van der Waals surface area (Å²) in [6.45, 7) is 0.494. The first-order chi connectivity index (χ1) is 12.5. The Labute approximate surface area is 156 Å². The van der Waals surface area contributed by atoms with Crippen LogP contribution in [0, 0.1) is 5.92 Å². The minimum atomic E-state index is -3.57. The maximum atomic E-state index is 12.6. The molecule has 26 heavy (non-hydrogen) atoms. The van der Waals surface area contributed by atoms with Crippen LogP contribution in [0.2, 0.25) is 0 Å². The van der Waals surface area contributed by atoms with Gasteiger partial charge in [-0.3, -0.25) is 20.4 Å². The predicted octanol–water partition coefficient (Wildman–Crippen LogP) is 1.61. The molecule has 1 atom stereocenters. The third-order valence-corrected chi connectivity index (χ3v) is 7.42. The van der Waals surface area contributed by atoms with E-state index in [-0.39, 0.29) is 16.7 Å². The molecule has 0 unspecified atom stereocenters. The summed E-state index contributed by atoms with van der Waals surface area (Å²) >= 11 is 1.16. The van der Waals surface area contributed by atoms with Crippen LogP contribution in [0.1, 0.15) is 23.2 Å². The van der Waals surface area contributed by atoms with Crippen molar-refractivity contribution in [1.29, 1.82) is 0 Å². The van der Waals surface area contributed by atoms with Crippen LogP contribution in [-0.2, 0) is 14.8 Å². The smallest absolute Gasteiger partial charge is 0.269 e. The van der Waals surface area contributed by atoms with Gasteiger partial charge in [-0.15, -0.1) is 11.3 Å². The maximum Gasteiger partial charge on any atom is 0.269 e. The van der Waals surface area contributed by atoms with Crippen LogP contribution in [0.3, 0.4) is 0 Å². The molecule has 3 rings (SSSR count). The minimum absolute atomic E-state index is 0.104. The number of thiophene rings is 1. The van der Waals surface area contributed by atoms with Crippen molar-refractivity contribution in [3.05, 3.63) is 53.4 Å². The van der Waals surface area contributed by atoms with Crippen LogP contribution < -0.4 is 10.9 Å². The number of sulfonamides is 1. The van der Waals surface area contributed by atoms with E-state index in [1.807, 2.05) is 0 Å². The second-order valence-corrected chi connectivity index (χ2v) is 9.06. The van der Waals surface area contributed by atoms with Crippen LogP contribution in [0.5, 0.6) is 0 Å². The van der Waals surface area contributed by atoms with Crippen molar-refractivity contribution in [2.75, 3.05) is 13.1 Å². The van der Waals surface area contributed by atoms with Gasteiger partial charge in [0.1, 0.15) is 4.21 Å². The summed E-state index contributed by atoms with van der Waals surface area (Å²) in [5.41, 5.74) is 5.20. The molecular weight excluding hydrogens is 374 g/mol. The zero-order valence-electron chi connectivity index (χ0n) is 13.9. The fraction of sp³-hybridized carbons (Fsp3) is 0.294. The van der Waals surface area contributed by atoms with Crippen LogP contribution in [0.25, 0.3) is 0 Å². The highest BCUT2D eigenvalue weighted by Gasteiger charge is 2.33. The van der Waals surface area contributed by atoms with Crippen LogP contribution in [-0.4, -0.2) is 37.6 Å². The number of piperidine rings is 1. The van der Waals surface area contributed by atoms with E-state index in [1.54, 1.807) is 47.8 Å². The third kappa shape index (κ3) is 4.12. The second kappa shape index (κ2) is 7.98. The summed E-state index contributed by atoms with van der Waals surface area (Å²) in [5.74, 6) is -1.31. The monoisotopic (exact) mass is 393 g/mol. The van der Waals surface area contributed by atoms with E-state index in [0.29, 0.717) is 24.9 Å². The number of carbonyl (C=O) groups is 2. The number of hydrogen-bond donors (Lipinski definition) is 2. The van der Waals surface area contributed by atoms with Crippen molar-refractivity contribution in [2.45, 2.75) is 17.1 Å². The van der Waals surface area contributed by atoms with Gasteiger partial charge < -0.3 is 0 Å². The van der Waals surface area contributed by atoms with Crippen molar-refractivity contribution < 1.29 is 18.0 Å². The zero-order valence-corrected chi connectivity index (χ0v) is 15.6. The van der Waals surface area contributed by atoms with Gasteiger partial charge in [0.2, 0.25) is 5.91 Å². The van der Waals surface area contributed by atoms with Gasteiger partial charge in [-0.25, -0.2) is 8.42 Å². The molecule has 2 aromatic rings. The first-order valence-corrected chi connectivity index (χ1v) is 10.5. The van der Waals surface area contributed by atoms with Gasteiger partial charge in [0.15, 0.2) is 0 Å². The Bertz CT molecular complexity index is 867. The van der Waals surface area contributed by atoms with Crippen molar-refractivity contribution >= 4 is 33.2 Å². The molecule has 2 heterocycles. The van der Waals surface area contributed by atoms with Gasteiger partial charge in [-0.2, -0.15) is 4.31 Å². The van der Waals surface area contributed by atoms with E-state index < -0.39 is 21.8 Å². The highest BCUT2D eigenvalue weighted by Crippen LogP contribution is 2.26. The van der Waals surface area contributed by atoms with Gasteiger partial charge >= 0.3 is 0 Å². The first kappa shape index (κ1) is 18.6. The molecule has 2 amide bonds. The van der Waals surface area contributed by atoms with E-state index in [2.05, 4.69) is 10.9 Å². The Kier molecular flexibility index (Phi) is 5.70. The van der Waals surface area contributed by atoms with Crippen molar-refractivity contribution in [3.63, 3.8) is 0 Å². The molecule has 0 spiro atoms. The van der Waals surface area contributed by atoms with E-state index in [1.165, 1.54) is 4.31 Å². The van der Waals surface area contributed by atoms with Crippen molar-refractivity contribution in [2.24, 2.45) is 5.92 Å². The highest BCUT2D eigenvalue weighted by molar-refractivity contribution is 7.91. The zero-order chi connectivity index (χ0) is 18.6. The number of carbonyl (C=O) groups excluding carboxylic acids is 2. The largest absolute Gasteiger partial charge is 0.273 e. The van der Waals surface area contributed by atoms with E-state index in [0.717, 1.165) is 11.3 Å². The predicted molar refractivity (Wildman–Crippen MR) is 97.9 cm³/mol. The number of rotatable bonds is 4. The van der Waals surface area contributed by atoms with E-state index >= 15 is 0 Å². The first-order valence-electron chi connectivity index (χ1n) is 8.17. The van der Waals surface area contributed by atoms with E-state index in [9.17, 15) is 18.0 Å². The topological polar surface area (TPSA) is 95.6 Å². The Morgan fingerprint density at radius 2 is 1.85 bits per heavy atom. The summed E-state index contributed by atoms with van der Waals surface area (Å²) in [5, 5.41) is 1.71. The molecule has 1 aromatic carbocycles. The van der Waals surface area contributed by atoms with Gasteiger partial charge in [0.25, 0.3) is 15.9 Å². The molecular formula is C17H19N3O4S2. The molecule has 1 aromatic heterocycles. The molecule has 0 bridgehead atoms. The van der Waals surface area contributed by atoms with Gasteiger partial charge in [0, 0.05) is 18.7 Å². The summed E-state index contributed by atoms with van der Waals surface area (Å²) in [4.78, 5) is 24.3. The molecule has 1 fully saturated rings. The fourth-order valence-corrected chi connectivity index (χ4v) is 5.46. The van der Waals surface area contributed by atoms with Gasteiger partial charge in [-0.05, 0) is 36.4 Å². The fourth-order valence-electron chi connectivity index (χ4n) is 2.79. The van der Waals surface area contributed by atoms with Crippen molar-refractivity contribution in [1.82, 2.24) is 15.2 Å². The van der Waals surface area contributed by atoms with Crippen LogP contribution >= 0.6 is 11.3 Å². The number of nitrogens with zero attached hydrogens (tertiary/aromatic N) is 1. The number of benzene rings is 1. The lowest BCUT2D eigenvalue weighted by atomic mass is 9.99. The maximum absolute atomic E-state index is 12.6. The highest BCUT2D eigenvalue weighted by atomic mass is 32.2. The summed E-state index contributed by atoms with van der Waals surface area (Å²) in [6.07, 6.45) is 1.17. The Morgan fingerprint density at radius 1 is 1.08 bits per heavy atom. The van der Waals surface area contributed by atoms with Crippen molar-refractivity contribution in [3.8, 4) is 0 Å². The van der Waals surface area contributed by atoms with Gasteiger partial charge in [-0.1, -0.05) is 24.3 Å². The third-order valence-electron chi connectivity index (χ3n) is 4.18. The summed E-state index contributed by atoms with van der Waals surface area (Å²) in [6, 6.07) is 11.8. The SMILES string of the molecule is O=C(NNC(=O)[C@@H]1CCCN(S(=O)(=O)c2cccs2)C1)c1ccccc1. The molecule has 2 N–H and O–H groups in total. The second-order valence-electron chi connectivity index (χ2n) is 5.94. The Balaban J connectivity index is 1.59. The minimum Gasteiger partial charge on any atom is -0.273 e. The molecule has 1 aliphatic heterocycles. The quantitative estimate of drug-likeness (QED) is 0.772. The van der Waals surface area contributed by atoms with Crippen LogP contribution in [0.15, 0.2) is 52.1 Å². The Hall–Kier alpha value is -2.23. The average molecular weight is 393 g/mol. The normalized spacial score (nSPS) is 18.2. The molecule has 1 saturated heterocycles. The molecule has 7 nitrogen and oxygen atoms in total. The lowest BCUT2D eigenvalue weighted by molar-refractivity contribution is -0.126. The van der Waals surface area contributed by atoms with Crippen LogP contribution in [0.4, 0.5) is 0 Å². The van der Waals surface area contributed by atoms with E-state index in [4.69, 9.17) is 0 Å². The summed E-state index contributed by atoms with van der Waals surface area (Å²) < 4.78 is 26.8. The summed E-state index contributed by atoms with van der Waals surface area (Å²) in [7, 11) is -3.57. The molecule has 9 heteroatoms. The average Bonchev–Trinajstić information content (AvgIpc) is 3.22. The molecule has 0 aliphatic carbocycles. The number of amides is 2.